The third-order valence-corrected chi connectivity index (χ3v) is 2.98. The van der Waals surface area contributed by atoms with Crippen molar-refractivity contribution in [2.75, 3.05) is 0 Å². The summed E-state index contributed by atoms with van der Waals surface area (Å²) in [4.78, 5) is 11.7. The van der Waals surface area contributed by atoms with Crippen LogP contribution in [0.15, 0.2) is 53.5 Å². The van der Waals surface area contributed by atoms with Crippen LogP contribution in [-0.2, 0) is 6.54 Å². The summed E-state index contributed by atoms with van der Waals surface area (Å²) in [5.74, 6) is 0. The second-order valence-corrected chi connectivity index (χ2v) is 4.45. The summed E-state index contributed by atoms with van der Waals surface area (Å²) in [6.45, 7) is 2.42. The first kappa shape index (κ1) is 12.6. The molecule has 0 amide bonds. The number of aliphatic hydroxyl groups excluding tert-OH is 1. The van der Waals surface area contributed by atoms with Gasteiger partial charge in [-0.15, -0.1) is 0 Å². The number of nitrogens with zero attached hydrogens (tertiary/aromatic N) is 1. The van der Waals surface area contributed by atoms with Gasteiger partial charge in [0.25, 0.3) is 5.56 Å². The summed E-state index contributed by atoms with van der Waals surface area (Å²) in [6, 6.07) is 13.0. The Bertz CT molecular complexity index is 560. The van der Waals surface area contributed by atoms with Crippen molar-refractivity contribution in [1.29, 1.82) is 0 Å². The molecule has 18 heavy (non-hydrogen) atoms. The van der Waals surface area contributed by atoms with Crippen molar-refractivity contribution in [3.63, 3.8) is 0 Å². The molecule has 1 aromatic carbocycles. The van der Waals surface area contributed by atoms with E-state index in [4.69, 9.17) is 0 Å². The average molecular weight is 243 g/mol. The number of benzene rings is 1. The van der Waals surface area contributed by atoms with E-state index in [1.807, 2.05) is 43.3 Å². The van der Waals surface area contributed by atoms with Gasteiger partial charge < -0.3 is 9.67 Å². The second-order valence-electron chi connectivity index (χ2n) is 4.45. The number of pyridine rings is 1. The molecule has 0 saturated heterocycles. The largest absolute Gasteiger partial charge is 0.388 e. The minimum Gasteiger partial charge on any atom is -0.388 e. The third kappa shape index (κ3) is 3.08. The van der Waals surface area contributed by atoms with Crippen molar-refractivity contribution in [2.24, 2.45) is 0 Å². The first-order valence-corrected chi connectivity index (χ1v) is 6.07. The highest BCUT2D eigenvalue weighted by Gasteiger charge is 2.07. The molecular formula is C15H17NO2. The van der Waals surface area contributed by atoms with Crippen molar-refractivity contribution in [2.45, 2.75) is 26.0 Å². The molecule has 1 atom stereocenters. The van der Waals surface area contributed by atoms with E-state index in [-0.39, 0.29) is 5.56 Å². The van der Waals surface area contributed by atoms with Gasteiger partial charge in [0.1, 0.15) is 0 Å². The van der Waals surface area contributed by atoms with E-state index in [2.05, 4.69) is 0 Å². The molecule has 0 aliphatic carbocycles. The van der Waals surface area contributed by atoms with Crippen LogP contribution in [0.5, 0.6) is 0 Å². The number of aryl methyl sites for hydroxylation is 2. The van der Waals surface area contributed by atoms with E-state index in [0.29, 0.717) is 13.0 Å². The van der Waals surface area contributed by atoms with Gasteiger partial charge in [-0.2, -0.15) is 0 Å². The van der Waals surface area contributed by atoms with Crippen molar-refractivity contribution in [3.05, 3.63) is 70.1 Å². The van der Waals surface area contributed by atoms with E-state index in [1.165, 1.54) is 0 Å². The summed E-state index contributed by atoms with van der Waals surface area (Å²) >= 11 is 0. The van der Waals surface area contributed by atoms with Crippen molar-refractivity contribution < 1.29 is 5.11 Å². The molecule has 2 aromatic rings. The maximum Gasteiger partial charge on any atom is 0.250 e. The van der Waals surface area contributed by atoms with Gasteiger partial charge >= 0.3 is 0 Å². The van der Waals surface area contributed by atoms with Crippen LogP contribution < -0.4 is 5.56 Å². The fourth-order valence-corrected chi connectivity index (χ4v) is 1.89. The van der Waals surface area contributed by atoms with Crippen LogP contribution in [-0.4, -0.2) is 9.67 Å². The molecule has 94 valence electrons. The quantitative estimate of drug-likeness (QED) is 0.895. The molecule has 0 bridgehead atoms. The minimum absolute atomic E-state index is 0.0183. The number of hydrogen-bond acceptors (Lipinski definition) is 2. The lowest BCUT2D eigenvalue weighted by atomic mass is 10.1. The van der Waals surface area contributed by atoms with Crippen LogP contribution in [0, 0.1) is 6.92 Å². The molecule has 3 heteroatoms. The Morgan fingerprint density at radius 2 is 1.94 bits per heavy atom. The van der Waals surface area contributed by atoms with E-state index in [9.17, 15) is 9.90 Å². The maximum absolute atomic E-state index is 11.7. The lowest BCUT2D eigenvalue weighted by molar-refractivity contribution is 0.160. The highest BCUT2D eigenvalue weighted by atomic mass is 16.3. The smallest absolute Gasteiger partial charge is 0.250 e. The molecule has 0 radical (unpaired) electrons. The Labute approximate surface area is 106 Å². The molecule has 0 saturated carbocycles. The molecule has 1 aromatic heterocycles. The second kappa shape index (κ2) is 5.65. The first-order chi connectivity index (χ1) is 8.66. The molecule has 0 fully saturated rings. The molecule has 1 unspecified atom stereocenters. The van der Waals surface area contributed by atoms with Gasteiger partial charge in [0.15, 0.2) is 0 Å². The predicted molar refractivity (Wildman–Crippen MR) is 71.5 cm³/mol. The summed E-state index contributed by atoms with van der Waals surface area (Å²) in [5.41, 5.74) is 1.83. The van der Waals surface area contributed by atoms with E-state index < -0.39 is 6.10 Å². The van der Waals surface area contributed by atoms with Crippen LogP contribution in [0.4, 0.5) is 0 Å². The van der Waals surface area contributed by atoms with Crippen LogP contribution in [0.1, 0.15) is 23.7 Å². The molecule has 2 rings (SSSR count). The van der Waals surface area contributed by atoms with Crippen molar-refractivity contribution in [1.82, 2.24) is 4.57 Å². The van der Waals surface area contributed by atoms with Crippen LogP contribution in [0.25, 0.3) is 0 Å². The highest BCUT2D eigenvalue weighted by Crippen LogP contribution is 2.16. The zero-order valence-corrected chi connectivity index (χ0v) is 10.4. The van der Waals surface area contributed by atoms with Crippen LogP contribution >= 0.6 is 0 Å². The summed E-state index contributed by atoms with van der Waals surface area (Å²) in [6.07, 6.45) is 1.78. The van der Waals surface area contributed by atoms with Gasteiger partial charge in [-0.25, -0.2) is 0 Å². The Morgan fingerprint density at radius 3 is 2.61 bits per heavy atom. The van der Waals surface area contributed by atoms with E-state index in [1.54, 1.807) is 16.8 Å². The van der Waals surface area contributed by atoms with Gasteiger partial charge in [-0.3, -0.25) is 4.79 Å². The van der Waals surface area contributed by atoms with E-state index in [0.717, 1.165) is 11.1 Å². The van der Waals surface area contributed by atoms with Gasteiger partial charge in [-0.1, -0.05) is 30.3 Å². The molecule has 1 heterocycles. The van der Waals surface area contributed by atoms with Gasteiger partial charge in [0.2, 0.25) is 0 Å². The maximum atomic E-state index is 11.7. The first-order valence-electron chi connectivity index (χ1n) is 6.07. The lowest BCUT2D eigenvalue weighted by Crippen LogP contribution is -2.19. The number of hydrogen-bond donors (Lipinski definition) is 1. The molecular weight excluding hydrogens is 226 g/mol. The topological polar surface area (TPSA) is 42.2 Å². The standard InChI is InChI=1S/C15H17NO2/c1-12-7-9-16(15(18)11-12)10-8-14(17)13-5-3-2-4-6-13/h2-7,9,11,14,17H,8,10H2,1H3. The average Bonchev–Trinajstić information content (AvgIpc) is 2.38. The summed E-state index contributed by atoms with van der Waals surface area (Å²) in [5, 5.41) is 10.0. The Hall–Kier alpha value is -1.87. The summed E-state index contributed by atoms with van der Waals surface area (Å²) in [7, 11) is 0. The Balaban J connectivity index is 2.02. The predicted octanol–water partition coefficient (Wildman–Crippen LogP) is 2.28. The molecule has 1 N–H and O–H groups in total. The van der Waals surface area contributed by atoms with Crippen molar-refractivity contribution >= 4 is 0 Å². The number of rotatable bonds is 4. The Kier molecular flexibility index (Phi) is 3.95. The van der Waals surface area contributed by atoms with Crippen LogP contribution in [0.3, 0.4) is 0 Å². The van der Waals surface area contributed by atoms with E-state index >= 15 is 0 Å². The third-order valence-electron chi connectivity index (χ3n) is 2.98. The SMILES string of the molecule is Cc1ccn(CCC(O)c2ccccc2)c(=O)c1. The van der Waals surface area contributed by atoms with Crippen molar-refractivity contribution in [3.8, 4) is 0 Å². The van der Waals surface area contributed by atoms with Gasteiger partial charge in [-0.05, 0) is 30.5 Å². The zero-order valence-electron chi connectivity index (χ0n) is 10.4. The van der Waals surface area contributed by atoms with Crippen LogP contribution in [0.2, 0.25) is 0 Å². The highest BCUT2D eigenvalue weighted by molar-refractivity contribution is 5.17. The molecule has 0 spiro atoms. The summed E-state index contributed by atoms with van der Waals surface area (Å²) < 4.78 is 1.62. The minimum atomic E-state index is -0.528. The number of aliphatic hydroxyl groups is 1. The molecule has 3 nitrogen and oxygen atoms in total. The number of aromatic nitrogens is 1. The fraction of sp³-hybridized carbons (Fsp3) is 0.267. The van der Waals surface area contributed by atoms with Gasteiger partial charge in [0.05, 0.1) is 6.10 Å². The monoisotopic (exact) mass is 243 g/mol. The molecule has 0 aliphatic rings. The Morgan fingerprint density at radius 1 is 1.22 bits per heavy atom. The zero-order chi connectivity index (χ0) is 13.0. The lowest BCUT2D eigenvalue weighted by Gasteiger charge is -2.12. The fourth-order valence-electron chi connectivity index (χ4n) is 1.89. The van der Waals surface area contributed by atoms with Gasteiger partial charge in [0, 0.05) is 18.8 Å². The molecule has 0 aliphatic heterocycles. The normalized spacial score (nSPS) is 12.3.